The summed E-state index contributed by atoms with van der Waals surface area (Å²) in [4.78, 5) is 4.63. The second-order valence-corrected chi connectivity index (χ2v) is 7.37. The summed E-state index contributed by atoms with van der Waals surface area (Å²) >= 11 is 0. The summed E-state index contributed by atoms with van der Waals surface area (Å²) < 4.78 is 5.69. The summed E-state index contributed by atoms with van der Waals surface area (Å²) in [6.45, 7) is 0.656. The first-order chi connectivity index (χ1) is 9.25. The van der Waals surface area contributed by atoms with Gasteiger partial charge in [-0.25, -0.2) is 4.98 Å². The first kappa shape index (κ1) is 12.0. The lowest BCUT2D eigenvalue weighted by Gasteiger charge is -2.56. The predicted molar refractivity (Wildman–Crippen MR) is 73.6 cm³/mol. The van der Waals surface area contributed by atoms with Gasteiger partial charge in [0.05, 0.1) is 5.69 Å². The molecule has 2 N–H and O–H groups in total. The van der Waals surface area contributed by atoms with Gasteiger partial charge in [-0.1, -0.05) is 0 Å². The van der Waals surface area contributed by atoms with Gasteiger partial charge < -0.3 is 10.2 Å². The lowest BCUT2D eigenvalue weighted by atomic mass is 9.49. The van der Waals surface area contributed by atoms with E-state index in [0.717, 1.165) is 42.2 Å². The fourth-order valence-electron chi connectivity index (χ4n) is 5.52. The lowest BCUT2D eigenvalue weighted by molar-refractivity contribution is -0.0550. The molecule has 104 valence electrons. The zero-order valence-electron chi connectivity index (χ0n) is 11.6. The van der Waals surface area contributed by atoms with Gasteiger partial charge in [-0.15, -0.1) is 0 Å². The molecule has 0 amide bonds. The van der Waals surface area contributed by atoms with Crippen LogP contribution in [0.25, 0.3) is 0 Å². The van der Waals surface area contributed by atoms with Gasteiger partial charge in [-0.05, 0) is 68.2 Å². The van der Waals surface area contributed by atoms with E-state index in [-0.39, 0.29) is 0 Å². The van der Waals surface area contributed by atoms with Gasteiger partial charge in [0.15, 0.2) is 5.89 Å². The molecule has 0 spiro atoms. The molecule has 4 aliphatic carbocycles. The Hall–Kier alpha value is -0.830. The molecule has 0 aliphatic heterocycles. The number of rotatable bonds is 4. The van der Waals surface area contributed by atoms with Gasteiger partial charge in [-0.3, -0.25) is 0 Å². The van der Waals surface area contributed by atoms with Crippen molar-refractivity contribution in [2.45, 2.75) is 51.4 Å². The highest BCUT2D eigenvalue weighted by atomic mass is 16.3. The Morgan fingerprint density at radius 3 is 2.37 bits per heavy atom. The molecular weight excluding hydrogens is 236 g/mol. The van der Waals surface area contributed by atoms with Crippen molar-refractivity contribution in [3.05, 3.63) is 17.8 Å². The normalized spacial score (nSPS) is 39.9. The molecule has 1 aromatic rings. The van der Waals surface area contributed by atoms with E-state index in [0.29, 0.717) is 12.0 Å². The van der Waals surface area contributed by atoms with Crippen molar-refractivity contribution in [1.29, 1.82) is 0 Å². The molecule has 0 radical (unpaired) electrons. The van der Waals surface area contributed by atoms with Crippen molar-refractivity contribution in [2.24, 2.45) is 28.9 Å². The Bertz CT molecular complexity index is 430. The Balaban J connectivity index is 1.52. The summed E-state index contributed by atoms with van der Waals surface area (Å²) in [6, 6.07) is 0. The van der Waals surface area contributed by atoms with E-state index in [1.807, 2.05) is 6.26 Å². The molecule has 1 aromatic heterocycles. The molecule has 4 aliphatic rings. The topological polar surface area (TPSA) is 52.0 Å². The highest BCUT2D eigenvalue weighted by Gasteiger charge is 2.51. The van der Waals surface area contributed by atoms with Crippen molar-refractivity contribution in [3.63, 3.8) is 0 Å². The van der Waals surface area contributed by atoms with Crippen LogP contribution in [0.15, 0.2) is 10.7 Å². The number of nitrogens with zero attached hydrogens (tertiary/aromatic N) is 1. The molecule has 4 fully saturated rings. The minimum Gasteiger partial charge on any atom is -0.449 e. The molecule has 0 atom stereocenters. The first-order valence-corrected chi connectivity index (χ1v) is 7.88. The molecule has 0 saturated heterocycles. The second-order valence-electron chi connectivity index (χ2n) is 7.37. The first-order valence-electron chi connectivity index (χ1n) is 7.88. The standard InChI is InChI=1S/C16H24N2O/c17-2-1-14-10-19-15(18-14)9-16-6-11-3-12(7-16)5-13(4-11)8-16/h10-13H,1-9,17H2. The predicted octanol–water partition coefficient (Wildman–Crippen LogP) is 2.93. The SMILES string of the molecule is NCCc1coc(CC23CC4CC(CC(C4)C2)C3)n1. The van der Waals surface area contributed by atoms with E-state index in [4.69, 9.17) is 10.2 Å². The third-order valence-corrected chi connectivity index (χ3v) is 5.69. The van der Waals surface area contributed by atoms with Crippen LogP contribution in [0.4, 0.5) is 0 Å². The van der Waals surface area contributed by atoms with E-state index in [1.165, 1.54) is 38.5 Å². The van der Waals surface area contributed by atoms with Crippen LogP contribution in [0.2, 0.25) is 0 Å². The fourth-order valence-corrected chi connectivity index (χ4v) is 5.52. The van der Waals surface area contributed by atoms with Crippen LogP contribution < -0.4 is 5.73 Å². The monoisotopic (exact) mass is 260 g/mol. The van der Waals surface area contributed by atoms with Crippen molar-refractivity contribution in [2.75, 3.05) is 6.54 Å². The number of aromatic nitrogens is 1. The van der Waals surface area contributed by atoms with Crippen molar-refractivity contribution >= 4 is 0 Å². The van der Waals surface area contributed by atoms with Crippen LogP contribution in [0, 0.1) is 23.2 Å². The van der Waals surface area contributed by atoms with Gasteiger partial charge in [-0.2, -0.15) is 0 Å². The van der Waals surface area contributed by atoms with Crippen molar-refractivity contribution in [1.82, 2.24) is 4.98 Å². The summed E-state index contributed by atoms with van der Waals surface area (Å²) in [5.74, 6) is 3.98. The van der Waals surface area contributed by atoms with E-state index < -0.39 is 0 Å². The Labute approximate surface area is 115 Å². The van der Waals surface area contributed by atoms with Crippen LogP contribution in [-0.4, -0.2) is 11.5 Å². The maximum Gasteiger partial charge on any atom is 0.194 e. The average molecular weight is 260 g/mol. The van der Waals surface area contributed by atoms with Crippen LogP contribution in [0.5, 0.6) is 0 Å². The zero-order valence-corrected chi connectivity index (χ0v) is 11.6. The third kappa shape index (κ3) is 2.12. The smallest absolute Gasteiger partial charge is 0.194 e. The fraction of sp³-hybridized carbons (Fsp3) is 0.812. The molecule has 3 heteroatoms. The van der Waals surface area contributed by atoms with E-state index in [9.17, 15) is 0 Å². The summed E-state index contributed by atoms with van der Waals surface area (Å²) in [6.07, 6.45) is 12.5. The highest BCUT2D eigenvalue weighted by molar-refractivity contribution is 5.06. The quantitative estimate of drug-likeness (QED) is 0.905. The molecule has 5 rings (SSSR count). The van der Waals surface area contributed by atoms with Gasteiger partial charge >= 0.3 is 0 Å². The van der Waals surface area contributed by atoms with Gasteiger partial charge in [0.25, 0.3) is 0 Å². The van der Waals surface area contributed by atoms with Gasteiger partial charge in [0.2, 0.25) is 0 Å². The average Bonchev–Trinajstić information content (AvgIpc) is 2.74. The molecule has 0 aromatic carbocycles. The summed E-state index contributed by atoms with van der Waals surface area (Å²) in [5.41, 5.74) is 7.13. The van der Waals surface area contributed by atoms with Crippen LogP contribution in [-0.2, 0) is 12.8 Å². The van der Waals surface area contributed by atoms with E-state index in [2.05, 4.69) is 4.98 Å². The van der Waals surface area contributed by atoms with Crippen LogP contribution >= 0.6 is 0 Å². The van der Waals surface area contributed by atoms with Crippen LogP contribution in [0.3, 0.4) is 0 Å². The minimum atomic E-state index is 0.527. The Morgan fingerprint density at radius 1 is 1.16 bits per heavy atom. The minimum absolute atomic E-state index is 0.527. The maximum absolute atomic E-state index is 5.69. The molecule has 3 nitrogen and oxygen atoms in total. The van der Waals surface area contributed by atoms with E-state index in [1.54, 1.807) is 0 Å². The summed E-state index contributed by atoms with van der Waals surface area (Å²) in [7, 11) is 0. The largest absolute Gasteiger partial charge is 0.449 e. The number of hydrogen-bond acceptors (Lipinski definition) is 3. The van der Waals surface area contributed by atoms with E-state index >= 15 is 0 Å². The molecule has 1 heterocycles. The molecule has 4 bridgehead atoms. The third-order valence-electron chi connectivity index (χ3n) is 5.69. The zero-order chi connectivity index (χ0) is 12.9. The molecular formula is C16H24N2O. The Morgan fingerprint density at radius 2 is 1.79 bits per heavy atom. The van der Waals surface area contributed by atoms with Gasteiger partial charge in [0.1, 0.15) is 6.26 Å². The molecule has 19 heavy (non-hydrogen) atoms. The van der Waals surface area contributed by atoms with Crippen molar-refractivity contribution in [3.8, 4) is 0 Å². The van der Waals surface area contributed by atoms with Crippen molar-refractivity contribution < 1.29 is 4.42 Å². The van der Waals surface area contributed by atoms with Crippen LogP contribution in [0.1, 0.15) is 50.1 Å². The second kappa shape index (κ2) is 4.34. The molecule has 0 unspecified atom stereocenters. The highest BCUT2D eigenvalue weighted by Crippen LogP contribution is 2.60. The summed E-state index contributed by atoms with van der Waals surface area (Å²) in [5, 5.41) is 0. The maximum atomic E-state index is 5.69. The lowest BCUT2D eigenvalue weighted by Crippen LogP contribution is -2.47. The molecule has 4 saturated carbocycles. The number of oxazole rings is 1. The Kier molecular flexibility index (Phi) is 2.73. The number of nitrogens with two attached hydrogens (primary N) is 1. The van der Waals surface area contributed by atoms with Gasteiger partial charge in [0, 0.05) is 12.8 Å². The number of hydrogen-bond donors (Lipinski definition) is 1.